The Labute approximate surface area is 143 Å². The summed E-state index contributed by atoms with van der Waals surface area (Å²) < 4.78 is 15.1. The summed E-state index contributed by atoms with van der Waals surface area (Å²) in [6.45, 7) is 1.48. The van der Waals surface area contributed by atoms with Gasteiger partial charge in [-0.15, -0.1) is 0 Å². The van der Waals surface area contributed by atoms with Crippen molar-refractivity contribution in [3.8, 4) is 11.5 Å². The van der Waals surface area contributed by atoms with E-state index in [1.165, 1.54) is 21.3 Å². The van der Waals surface area contributed by atoms with Gasteiger partial charge in [0.05, 0.1) is 27.8 Å². The normalized spacial score (nSPS) is 10.4. The number of benzene rings is 1. The van der Waals surface area contributed by atoms with E-state index in [1.54, 1.807) is 23.1 Å². The highest BCUT2D eigenvalue weighted by Crippen LogP contribution is 2.23. The van der Waals surface area contributed by atoms with E-state index in [1.807, 2.05) is 19.0 Å². The maximum Gasteiger partial charge on any atom is 0.307 e. The molecule has 134 valence electrons. The molecule has 0 bridgehead atoms. The third kappa shape index (κ3) is 6.08. The minimum absolute atomic E-state index is 0.150. The molecule has 0 aliphatic carbocycles. The molecule has 0 spiro atoms. The van der Waals surface area contributed by atoms with Crippen LogP contribution >= 0.6 is 0 Å². The van der Waals surface area contributed by atoms with E-state index in [0.29, 0.717) is 36.7 Å². The van der Waals surface area contributed by atoms with Crippen molar-refractivity contribution in [3.05, 3.63) is 23.8 Å². The number of hydrogen-bond donors (Lipinski definition) is 0. The number of rotatable bonds is 9. The van der Waals surface area contributed by atoms with E-state index in [9.17, 15) is 9.59 Å². The van der Waals surface area contributed by atoms with Crippen LogP contribution in [0.3, 0.4) is 0 Å². The van der Waals surface area contributed by atoms with Gasteiger partial charge in [0.15, 0.2) is 0 Å². The van der Waals surface area contributed by atoms with Gasteiger partial charge in [-0.3, -0.25) is 9.59 Å². The van der Waals surface area contributed by atoms with Gasteiger partial charge in [-0.1, -0.05) is 0 Å². The van der Waals surface area contributed by atoms with Gasteiger partial charge in [0.2, 0.25) is 0 Å². The smallest absolute Gasteiger partial charge is 0.307 e. The molecule has 1 rings (SSSR count). The number of carbonyl (C=O) groups is 2. The molecule has 0 N–H and O–H groups in total. The molecule has 1 aromatic carbocycles. The third-order valence-electron chi connectivity index (χ3n) is 3.52. The number of ether oxygens (including phenoxy) is 3. The van der Waals surface area contributed by atoms with Crippen LogP contribution in [0.15, 0.2) is 18.2 Å². The van der Waals surface area contributed by atoms with Crippen molar-refractivity contribution in [2.24, 2.45) is 0 Å². The molecule has 0 heterocycles. The molecule has 0 aliphatic rings. The lowest BCUT2D eigenvalue weighted by molar-refractivity contribution is -0.140. The number of methoxy groups -OCH3 is 3. The Balaban J connectivity index is 2.98. The van der Waals surface area contributed by atoms with Crippen molar-refractivity contribution in [2.45, 2.75) is 6.42 Å². The second kappa shape index (κ2) is 9.77. The summed E-state index contributed by atoms with van der Waals surface area (Å²) in [5, 5.41) is 0. The van der Waals surface area contributed by atoms with E-state index in [-0.39, 0.29) is 18.3 Å². The van der Waals surface area contributed by atoms with Crippen molar-refractivity contribution in [2.75, 3.05) is 55.1 Å². The van der Waals surface area contributed by atoms with Crippen LogP contribution in [0.1, 0.15) is 16.8 Å². The molecule has 7 nitrogen and oxygen atoms in total. The first-order valence-corrected chi connectivity index (χ1v) is 7.65. The van der Waals surface area contributed by atoms with Gasteiger partial charge in [-0.05, 0) is 26.2 Å². The highest BCUT2D eigenvalue weighted by atomic mass is 16.5. The quantitative estimate of drug-likeness (QED) is 0.632. The molecule has 0 fully saturated rings. The van der Waals surface area contributed by atoms with Crippen LogP contribution in [0.4, 0.5) is 0 Å². The zero-order chi connectivity index (χ0) is 18.1. The highest BCUT2D eigenvalue weighted by Gasteiger charge is 2.19. The maximum atomic E-state index is 12.8. The van der Waals surface area contributed by atoms with E-state index < -0.39 is 0 Å². The molecular formula is C17H26N2O5. The summed E-state index contributed by atoms with van der Waals surface area (Å²) in [4.78, 5) is 27.8. The van der Waals surface area contributed by atoms with Crippen molar-refractivity contribution in [3.63, 3.8) is 0 Å². The summed E-state index contributed by atoms with van der Waals surface area (Å²) in [5.74, 6) is 0.551. The zero-order valence-electron chi connectivity index (χ0n) is 15.0. The average Bonchev–Trinajstić information content (AvgIpc) is 2.59. The van der Waals surface area contributed by atoms with Gasteiger partial charge in [0, 0.05) is 31.3 Å². The van der Waals surface area contributed by atoms with Gasteiger partial charge in [-0.25, -0.2) is 0 Å². The minimum Gasteiger partial charge on any atom is -0.497 e. The Bertz CT molecular complexity index is 538. The topological polar surface area (TPSA) is 68.3 Å². The van der Waals surface area contributed by atoms with Gasteiger partial charge in [-0.2, -0.15) is 0 Å². The van der Waals surface area contributed by atoms with Crippen molar-refractivity contribution in [1.29, 1.82) is 0 Å². The molecule has 0 aliphatic heterocycles. The number of hydrogen-bond acceptors (Lipinski definition) is 6. The summed E-state index contributed by atoms with van der Waals surface area (Å²) in [5.41, 5.74) is 0.454. The van der Waals surface area contributed by atoms with E-state index in [0.717, 1.165) is 0 Å². The van der Waals surface area contributed by atoms with Crippen LogP contribution < -0.4 is 9.47 Å². The van der Waals surface area contributed by atoms with E-state index in [4.69, 9.17) is 9.47 Å². The SMILES string of the molecule is COC(=O)CCN(CCN(C)C)C(=O)c1cc(OC)cc(OC)c1. The van der Waals surface area contributed by atoms with Crippen molar-refractivity contribution in [1.82, 2.24) is 9.80 Å². The summed E-state index contributed by atoms with van der Waals surface area (Å²) in [7, 11) is 8.25. The second-order valence-corrected chi connectivity index (χ2v) is 5.52. The molecule has 1 amide bonds. The average molecular weight is 338 g/mol. The fraction of sp³-hybridized carbons (Fsp3) is 0.529. The number of esters is 1. The van der Waals surface area contributed by atoms with Gasteiger partial charge < -0.3 is 24.0 Å². The first-order valence-electron chi connectivity index (χ1n) is 7.65. The first kappa shape index (κ1) is 19.8. The lowest BCUT2D eigenvalue weighted by Crippen LogP contribution is -2.38. The van der Waals surface area contributed by atoms with Crippen LogP contribution in [0.5, 0.6) is 11.5 Å². The highest BCUT2D eigenvalue weighted by molar-refractivity contribution is 5.95. The second-order valence-electron chi connectivity index (χ2n) is 5.52. The van der Waals surface area contributed by atoms with Crippen molar-refractivity contribution < 1.29 is 23.8 Å². The maximum absolute atomic E-state index is 12.8. The molecule has 0 atom stereocenters. The molecule has 0 unspecified atom stereocenters. The van der Waals surface area contributed by atoms with Gasteiger partial charge in [0.25, 0.3) is 5.91 Å². The summed E-state index contributed by atoms with van der Waals surface area (Å²) in [6.07, 6.45) is 0.150. The van der Waals surface area contributed by atoms with Gasteiger partial charge >= 0.3 is 5.97 Å². The van der Waals surface area contributed by atoms with E-state index >= 15 is 0 Å². The van der Waals surface area contributed by atoms with Crippen molar-refractivity contribution >= 4 is 11.9 Å². The Morgan fingerprint density at radius 1 is 0.917 bits per heavy atom. The summed E-state index contributed by atoms with van der Waals surface area (Å²) in [6, 6.07) is 5.02. The fourth-order valence-electron chi connectivity index (χ4n) is 2.08. The predicted molar refractivity (Wildman–Crippen MR) is 90.6 cm³/mol. The molecule has 24 heavy (non-hydrogen) atoms. The monoisotopic (exact) mass is 338 g/mol. The Kier molecular flexibility index (Phi) is 8.05. The molecule has 1 aromatic rings. The number of likely N-dealkylation sites (N-methyl/N-ethyl adjacent to an activating group) is 1. The summed E-state index contributed by atoms with van der Waals surface area (Å²) >= 11 is 0. The standard InChI is InChI=1S/C17H26N2O5/c1-18(2)8-9-19(7-6-16(20)24-5)17(21)13-10-14(22-3)12-15(11-13)23-4/h10-12H,6-9H2,1-5H3. The van der Waals surface area contributed by atoms with Crippen LogP contribution in [-0.4, -0.2) is 76.7 Å². The Morgan fingerprint density at radius 3 is 1.96 bits per heavy atom. The van der Waals surface area contributed by atoms with E-state index in [2.05, 4.69) is 4.74 Å². The molecule has 0 saturated carbocycles. The van der Waals surface area contributed by atoms with Gasteiger partial charge in [0.1, 0.15) is 11.5 Å². The number of amides is 1. The third-order valence-corrected chi connectivity index (χ3v) is 3.52. The Hall–Kier alpha value is -2.28. The lowest BCUT2D eigenvalue weighted by atomic mass is 10.1. The van der Waals surface area contributed by atoms with Crippen LogP contribution in [0, 0.1) is 0 Å². The minimum atomic E-state index is -0.346. The van der Waals surface area contributed by atoms with Crippen LogP contribution in [-0.2, 0) is 9.53 Å². The molecule has 0 aromatic heterocycles. The Morgan fingerprint density at radius 2 is 1.50 bits per heavy atom. The molecule has 0 saturated heterocycles. The first-order chi connectivity index (χ1) is 11.4. The molecule has 0 radical (unpaired) electrons. The molecular weight excluding hydrogens is 312 g/mol. The lowest BCUT2D eigenvalue weighted by Gasteiger charge is -2.24. The zero-order valence-corrected chi connectivity index (χ0v) is 15.0. The van der Waals surface area contributed by atoms with Crippen LogP contribution in [0.25, 0.3) is 0 Å². The van der Waals surface area contributed by atoms with Crippen LogP contribution in [0.2, 0.25) is 0 Å². The number of nitrogens with zero attached hydrogens (tertiary/aromatic N) is 2. The largest absolute Gasteiger partial charge is 0.497 e. The molecule has 7 heteroatoms. The number of carbonyl (C=O) groups excluding carboxylic acids is 2. The fourth-order valence-corrected chi connectivity index (χ4v) is 2.08. The predicted octanol–water partition coefficient (Wildman–Crippen LogP) is 1.27.